The summed E-state index contributed by atoms with van der Waals surface area (Å²) in [6.07, 6.45) is 2.43. The topological polar surface area (TPSA) is 90.9 Å². The number of nitrogens with one attached hydrogen (secondary N) is 1. The lowest BCUT2D eigenvalue weighted by molar-refractivity contribution is -0.116. The van der Waals surface area contributed by atoms with Crippen LogP contribution in [0.1, 0.15) is 25.8 Å². The zero-order valence-electron chi connectivity index (χ0n) is 19.1. The first-order chi connectivity index (χ1) is 16.3. The number of hydrogen-bond acceptors (Lipinski definition) is 4. The minimum atomic E-state index is -0.593. The summed E-state index contributed by atoms with van der Waals surface area (Å²) >= 11 is 6.13. The molecule has 9 heteroatoms. The van der Waals surface area contributed by atoms with E-state index in [-0.39, 0.29) is 6.54 Å². The maximum Gasteiger partial charge on any atom is 0.333 e. The summed E-state index contributed by atoms with van der Waals surface area (Å²) in [4.78, 5) is 44.0. The van der Waals surface area contributed by atoms with Gasteiger partial charge in [0.1, 0.15) is 6.54 Å². The van der Waals surface area contributed by atoms with Crippen molar-refractivity contribution in [2.45, 2.75) is 39.9 Å². The van der Waals surface area contributed by atoms with Gasteiger partial charge in [0.05, 0.1) is 23.6 Å². The molecule has 2 aromatic carbocycles. The predicted molar refractivity (Wildman–Crippen MR) is 133 cm³/mol. The summed E-state index contributed by atoms with van der Waals surface area (Å²) in [5.74, 6) is -0.0949. The molecule has 2 aromatic heterocycles. The Morgan fingerprint density at radius 3 is 2.44 bits per heavy atom. The third-order valence-corrected chi connectivity index (χ3v) is 5.89. The van der Waals surface area contributed by atoms with Gasteiger partial charge in [-0.25, -0.2) is 14.3 Å². The fraction of sp³-hybridized carbons (Fsp3) is 0.280. The van der Waals surface area contributed by atoms with E-state index in [1.165, 1.54) is 4.57 Å². The molecule has 0 saturated carbocycles. The van der Waals surface area contributed by atoms with Gasteiger partial charge in [-0.15, -0.1) is 0 Å². The number of aryl methyl sites for hydroxylation is 1. The first-order valence-electron chi connectivity index (χ1n) is 11.1. The van der Waals surface area contributed by atoms with Gasteiger partial charge < -0.3 is 9.88 Å². The quantitative estimate of drug-likeness (QED) is 0.416. The van der Waals surface area contributed by atoms with Crippen LogP contribution in [0.5, 0.6) is 0 Å². The van der Waals surface area contributed by atoms with Crippen LogP contribution in [0.3, 0.4) is 0 Å². The van der Waals surface area contributed by atoms with Crippen molar-refractivity contribution in [3.63, 3.8) is 0 Å². The zero-order valence-corrected chi connectivity index (χ0v) is 19.8. The van der Waals surface area contributed by atoms with Crippen LogP contribution >= 0.6 is 11.6 Å². The lowest BCUT2D eigenvalue weighted by Gasteiger charge is -2.13. The van der Waals surface area contributed by atoms with Crippen LogP contribution in [-0.4, -0.2) is 24.6 Å². The third-order valence-electron chi connectivity index (χ3n) is 5.56. The van der Waals surface area contributed by atoms with Crippen LogP contribution in [0.25, 0.3) is 11.2 Å². The molecule has 8 nitrogen and oxygen atoms in total. The highest BCUT2D eigenvalue weighted by molar-refractivity contribution is 6.33. The van der Waals surface area contributed by atoms with Crippen molar-refractivity contribution in [3.05, 3.63) is 92.3 Å². The summed E-state index contributed by atoms with van der Waals surface area (Å²) in [6, 6.07) is 16.2. The number of rotatable bonds is 8. The van der Waals surface area contributed by atoms with Crippen LogP contribution in [0.4, 0.5) is 5.69 Å². The number of aromatic nitrogens is 4. The third kappa shape index (κ3) is 4.97. The van der Waals surface area contributed by atoms with E-state index < -0.39 is 23.7 Å². The van der Waals surface area contributed by atoms with E-state index in [0.717, 1.165) is 16.6 Å². The first-order valence-corrected chi connectivity index (χ1v) is 11.5. The maximum absolute atomic E-state index is 13.4. The van der Waals surface area contributed by atoms with Crippen molar-refractivity contribution in [2.24, 2.45) is 5.92 Å². The smallest absolute Gasteiger partial charge is 0.325 e. The fourth-order valence-electron chi connectivity index (χ4n) is 3.75. The van der Waals surface area contributed by atoms with E-state index in [2.05, 4.69) is 24.1 Å². The van der Waals surface area contributed by atoms with Crippen LogP contribution in [0.2, 0.25) is 5.02 Å². The summed E-state index contributed by atoms with van der Waals surface area (Å²) in [7, 11) is 0. The molecular weight excluding hydrogens is 454 g/mol. The standard InChI is InChI=1S/C25H26ClN5O3/c1-17(2)12-13-29-16-27-23-22(29)24(33)31(15-21(32)28-20-11-7-6-10-19(20)26)25(34)30(23)14-18-8-4-3-5-9-18/h3-11,16-17H,12-15H2,1-2H3,(H,28,32). The average Bonchev–Trinajstić information content (AvgIpc) is 3.24. The highest BCUT2D eigenvalue weighted by Gasteiger charge is 2.20. The van der Waals surface area contributed by atoms with E-state index in [1.54, 1.807) is 35.2 Å². The highest BCUT2D eigenvalue weighted by atomic mass is 35.5. The molecule has 0 unspecified atom stereocenters. The van der Waals surface area contributed by atoms with E-state index in [9.17, 15) is 14.4 Å². The molecule has 0 radical (unpaired) electrons. The lowest BCUT2D eigenvalue weighted by atomic mass is 10.1. The molecule has 0 aliphatic carbocycles. The SMILES string of the molecule is CC(C)CCn1cnc2c1c(=O)n(CC(=O)Nc1ccccc1Cl)c(=O)n2Cc1ccccc1. The summed E-state index contributed by atoms with van der Waals surface area (Å²) in [5.41, 5.74) is 0.778. The number of carbonyl (C=O) groups is 1. The van der Waals surface area contributed by atoms with Crippen molar-refractivity contribution in [1.82, 2.24) is 18.7 Å². The summed E-state index contributed by atoms with van der Waals surface area (Å²) < 4.78 is 4.17. The largest absolute Gasteiger partial charge is 0.333 e. The zero-order chi connectivity index (χ0) is 24.2. The number of fused-ring (bicyclic) bond motifs is 1. The van der Waals surface area contributed by atoms with Crippen LogP contribution in [0.15, 0.2) is 70.5 Å². The van der Waals surface area contributed by atoms with E-state index >= 15 is 0 Å². The molecule has 0 aliphatic rings. The molecule has 0 atom stereocenters. The van der Waals surface area contributed by atoms with Crippen molar-refractivity contribution in [3.8, 4) is 0 Å². The molecule has 34 heavy (non-hydrogen) atoms. The van der Waals surface area contributed by atoms with Gasteiger partial charge in [-0.1, -0.05) is 67.9 Å². The molecule has 0 bridgehead atoms. The van der Waals surface area contributed by atoms with Crippen LogP contribution in [-0.2, 0) is 24.4 Å². The van der Waals surface area contributed by atoms with Crippen molar-refractivity contribution in [2.75, 3.05) is 5.32 Å². The molecule has 0 saturated heterocycles. The Morgan fingerprint density at radius 2 is 1.74 bits per heavy atom. The first kappa shape index (κ1) is 23.5. The number of imidazole rings is 1. The second-order valence-electron chi connectivity index (χ2n) is 8.57. The lowest BCUT2D eigenvalue weighted by Crippen LogP contribution is -2.43. The number of amides is 1. The Hall–Kier alpha value is -3.65. The van der Waals surface area contributed by atoms with Gasteiger partial charge in [-0.3, -0.25) is 14.2 Å². The van der Waals surface area contributed by atoms with Crippen LogP contribution in [0, 0.1) is 5.92 Å². The summed E-state index contributed by atoms with van der Waals surface area (Å²) in [5, 5.41) is 3.05. The minimum absolute atomic E-state index is 0.226. The fourth-order valence-corrected chi connectivity index (χ4v) is 3.93. The van der Waals surface area contributed by atoms with E-state index in [1.807, 2.05) is 30.3 Å². The number of para-hydroxylation sites is 1. The van der Waals surface area contributed by atoms with Crippen molar-refractivity contribution >= 4 is 34.4 Å². The Balaban J connectivity index is 1.79. The molecule has 4 aromatic rings. The number of halogens is 1. The van der Waals surface area contributed by atoms with E-state index in [0.29, 0.717) is 34.3 Å². The second kappa shape index (κ2) is 10.1. The Bertz CT molecular complexity index is 1440. The normalized spacial score (nSPS) is 11.3. The minimum Gasteiger partial charge on any atom is -0.325 e. The molecule has 1 N–H and O–H groups in total. The molecule has 0 fully saturated rings. The van der Waals surface area contributed by atoms with Crippen molar-refractivity contribution < 1.29 is 4.79 Å². The number of nitrogens with zero attached hydrogens (tertiary/aromatic N) is 4. The van der Waals surface area contributed by atoms with Gasteiger partial charge in [0, 0.05) is 6.54 Å². The predicted octanol–water partition coefficient (Wildman–Crippen LogP) is 3.75. The molecule has 176 valence electrons. The number of hydrogen-bond donors (Lipinski definition) is 1. The Kier molecular flexibility index (Phi) is 6.98. The molecule has 4 rings (SSSR count). The van der Waals surface area contributed by atoms with Gasteiger partial charge in [0.15, 0.2) is 11.2 Å². The van der Waals surface area contributed by atoms with Gasteiger partial charge in [-0.05, 0) is 30.0 Å². The molecule has 1 amide bonds. The molecule has 0 aliphatic heterocycles. The molecular formula is C25H26ClN5O3. The Labute approximate surface area is 201 Å². The number of anilines is 1. The van der Waals surface area contributed by atoms with E-state index in [4.69, 9.17) is 11.6 Å². The van der Waals surface area contributed by atoms with Gasteiger partial charge in [-0.2, -0.15) is 0 Å². The number of carbonyl (C=O) groups excluding carboxylic acids is 1. The van der Waals surface area contributed by atoms with Gasteiger partial charge in [0.25, 0.3) is 5.56 Å². The van der Waals surface area contributed by atoms with Crippen LogP contribution < -0.4 is 16.6 Å². The van der Waals surface area contributed by atoms with Crippen molar-refractivity contribution in [1.29, 1.82) is 0 Å². The monoisotopic (exact) mass is 479 g/mol. The van der Waals surface area contributed by atoms with Gasteiger partial charge >= 0.3 is 5.69 Å². The highest BCUT2D eigenvalue weighted by Crippen LogP contribution is 2.20. The molecule has 2 heterocycles. The number of benzene rings is 2. The Morgan fingerprint density at radius 1 is 1.03 bits per heavy atom. The molecule has 0 spiro atoms. The maximum atomic E-state index is 13.4. The average molecular weight is 480 g/mol. The van der Waals surface area contributed by atoms with Gasteiger partial charge in [0.2, 0.25) is 5.91 Å². The summed E-state index contributed by atoms with van der Waals surface area (Å²) in [6.45, 7) is 4.56. The second-order valence-corrected chi connectivity index (χ2v) is 8.97.